The number of amides is 1. The number of pyridine rings is 1. The van der Waals surface area contributed by atoms with Crippen molar-refractivity contribution < 1.29 is 19.4 Å². The number of carboxylic acids is 1. The van der Waals surface area contributed by atoms with Crippen LogP contribution in [0.3, 0.4) is 0 Å². The van der Waals surface area contributed by atoms with Gasteiger partial charge >= 0.3 is 12.1 Å². The average molecular weight is 281 g/mol. The Kier molecular flexibility index (Phi) is 4.90. The van der Waals surface area contributed by atoms with E-state index in [0.29, 0.717) is 5.56 Å². The molecule has 0 radical (unpaired) electrons. The third kappa shape index (κ3) is 5.13. The number of hydrogen-bond acceptors (Lipinski definition) is 5. The van der Waals surface area contributed by atoms with Crippen LogP contribution in [0.5, 0.6) is 0 Å². The standard InChI is InChI=1S/C13H19N3O4/c1-13(2,3)20-12(19)16-9(11(17)18)7-8-5-4-6-15-10(8)14/h4-6,9H,7H2,1-3H3,(H2,14,15)(H,16,19)(H,17,18). The summed E-state index contributed by atoms with van der Waals surface area (Å²) < 4.78 is 5.03. The SMILES string of the molecule is CC(C)(C)OC(=O)NC(Cc1cccnc1N)C(=O)O. The molecule has 0 saturated carbocycles. The molecule has 0 spiro atoms. The number of anilines is 1. The van der Waals surface area contributed by atoms with Crippen LogP contribution in [-0.2, 0) is 16.0 Å². The second-order valence-corrected chi connectivity index (χ2v) is 5.29. The lowest BCUT2D eigenvalue weighted by Crippen LogP contribution is -2.44. The number of ether oxygens (including phenoxy) is 1. The van der Waals surface area contributed by atoms with E-state index in [0.717, 1.165) is 0 Å². The van der Waals surface area contributed by atoms with Gasteiger partial charge in [-0.05, 0) is 32.4 Å². The van der Waals surface area contributed by atoms with Gasteiger partial charge in [0, 0.05) is 12.6 Å². The van der Waals surface area contributed by atoms with E-state index in [2.05, 4.69) is 10.3 Å². The van der Waals surface area contributed by atoms with E-state index in [1.807, 2.05) is 0 Å². The summed E-state index contributed by atoms with van der Waals surface area (Å²) in [6, 6.07) is 2.18. The predicted molar refractivity (Wildman–Crippen MR) is 73.1 cm³/mol. The van der Waals surface area contributed by atoms with Crippen LogP contribution >= 0.6 is 0 Å². The zero-order chi connectivity index (χ0) is 15.3. The molecule has 1 aromatic heterocycles. The number of aliphatic carboxylic acids is 1. The summed E-state index contributed by atoms with van der Waals surface area (Å²) in [5.41, 5.74) is 5.51. The molecule has 7 heteroatoms. The summed E-state index contributed by atoms with van der Waals surface area (Å²) in [6.07, 6.45) is 0.761. The second kappa shape index (κ2) is 6.23. The highest BCUT2D eigenvalue weighted by Gasteiger charge is 2.24. The Balaban J connectivity index is 2.74. The number of hydrogen-bond donors (Lipinski definition) is 3. The van der Waals surface area contributed by atoms with Gasteiger partial charge in [0.1, 0.15) is 17.5 Å². The molecule has 0 aromatic carbocycles. The van der Waals surface area contributed by atoms with Crippen molar-refractivity contribution in [3.63, 3.8) is 0 Å². The van der Waals surface area contributed by atoms with Gasteiger partial charge in [0.2, 0.25) is 0 Å². The van der Waals surface area contributed by atoms with Crippen LogP contribution in [-0.4, -0.2) is 33.8 Å². The fraction of sp³-hybridized carbons (Fsp3) is 0.462. The number of nitrogens with two attached hydrogens (primary N) is 1. The molecule has 0 bridgehead atoms. The van der Waals surface area contributed by atoms with Gasteiger partial charge in [-0.1, -0.05) is 6.07 Å². The van der Waals surface area contributed by atoms with Crippen molar-refractivity contribution in [2.45, 2.75) is 38.8 Å². The van der Waals surface area contributed by atoms with Crippen molar-refractivity contribution in [3.8, 4) is 0 Å². The van der Waals surface area contributed by atoms with Crippen molar-refractivity contribution >= 4 is 17.9 Å². The van der Waals surface area contributed by atoms with Crippen LogP contribution < -0.4 is 11.1 Å². The van der Waals surface area contributed by atoms with Gasteiger partial charge in [0.05, 0.1) is 0 Å². The van der Waals surface area contributed by atoms with Gasteiger partial charge in [-0.2, -0.15) is 0 Å². The molecule has 0 aliphatic rings. The van der Waals surface area contributed by atoms with Crippen LogP contribution in [0.25, 0.3) is 0 Å². The quantitative estimate of drug-likeness (QED) is 0.763. The largest absolute Gasteiger partial charge is 0.480 e. The van der Waals surface area contributed by atoms with E-state index >= 15 is 0 Å². The second-order valence-electron chi connectivity index (χ2n) is 5.29. The first kappa shape index (κ1) is 15.7. The lowest BCUT2D eigenvalue weighted by atomic mass is 10.1. The minimum absolute atomic E-state index is 0.0360. The molecule has 1 rings (SSSR count). The molecule has 0 saturated heterocycles. The van der Waals surface area contributed by atoms with Crippen LogP contribution in [0.1, 0.15) is 26.3 Å². The molecular weight excluding hydrogens is 262 g/mol. The third-order valence-corrected chi connectivity index (χ3v) is 2.34. The summed E-state index contributed by atoms with van der Waals surface area (Å²) in [4.78, 5) is 26.7. The highest BCUT2D eigenvalue weighted by atomic mass is 16.6. The van der Waals surface area contributed by atoms with E-state index in [1.165, 1.54) is 6.20 Å². The normalized spacial score (nSPS) is 12.6. The van der Waals surface area contributed by atoms with Gasteiger partial charge < -0.3 is 20.9 Å². The van der Waals surface area contributed by atoms with Gasteiger partial charge in [0.15, 0.2) is 0 Å². The number of alkyl carbamates (subject to hydrolysis) is 1. The molecule has 1 unspecified atom stereocenters. The first-order chi connectivity index (χ1) is 9.19. The summed E-state index contributed by atoms with van der Waals surface area (Å²) in [5.74, 6) is -0.927. The predicted octanol–water partition coefficient (Wildman–Crippen LogP) is 1.18. The number of carbonyl (C=O) groups excluding carboxylic acids is 1. The molecule has 110 valence electrons. The minimum Gasteiger partial charge on any atom is -0.480 e. The highest BCUT2D eigenvalue weighted by molar-refractivity contribution is 5.80. The number of nitrogen functional groups attached to an aromatic ring is 1. The van der Waals surface area contributed by atoms with E-state index < -0.39 is 23.7 Å². The van der Waals surface area contributed by atoms with Crippen molar-refractivity contribution in [2.24, 2.45) is 0 Å². The first-order valence-electron chi connectivity index (χ1n) is 6.11. The molecule has 1 aromatic rings. The van der Waals surface area contributed by atoms with Crippen LogP contribution in [0.2, 0.25) is 0 Å². The van der Waals surface area contributed by atoms with E-state index in [-0.39, 0.29) is 12.2 Å². The number of carboxylic acid groups (broad SMARTS) is 1. The lowest BCUT2D eigenvalue weighted by Gasteiger charge is -2.22. The fourth-order valence-corrected chi connectivity index (χ4v) is 1.49. The molecule has 0 aliphatic carbocycles. The molecule has 0 aliphatic heterocycles. The number of rotatable bonds is 4. The molecule has 4 N–H and O–H groups in total. The van der Waals surface area contributed by atoms with E-state index in [9.17, 15) is 9.59 Å². The molecule has 7 nitrogen and oxygen atoms in total. The minimum atomic E-state index is -1.17. The topological polar surface area (TPSA) is 115 Å². The van der Waals surface area contributed by atoms with Crippen molar-refractivity contribution in [2.75, 3.05) is 5.73 Å². The number of aromatic nitrogens is 1. The maximum atomic E-state index is 11.6. The van der Waals surface area contributed by atoms with Gasteiger partial charge in [-0.3, -0.25) is 0 Å². The van der Waals surface area contributed by atoms with Crippen molar-refractivity contribution in [1.82, 2.24) is 10.3 Å². The zero-order valence-electron chi connectivity index (χ0n) is 11.7. The summed E-state index contributed by atoms with van der Waals surface area (Å²) in [7, 11) is 0. The summed E-state index contributed by atoms with van der Waals surface area (Å²) in [5, 5.41) is 11.4. The highest BCUT2D eigenvalue weighted by Crippen LogP contribution is 2.11. The monoisotopic (exact) mass is 281 g/mol. The summed E-state index contributed by atoms with van der Waals surface area (Å²) >= 11 is 0. The molecule has 1 heterocycles. The Bertz CT molecular complexity index is 497. The van der Waals surface area contributed by atoms with Crippen LogP contribution in [0, 0.1) is 0 Å². The maximum Gasteiger partial charge on any atom is 0.408 e. The molecule has 1 amide bonds. The molecular formula is C13H19N3O4. The smallest absolute Gasteiger partial charge is 0.408 e. The Morgan fingerprint density at radius 3 is 2.65 bits per heavy atom. The Morgan fingerprint density at radius 1 is 1.50 bits per heavy atom. The number of nitrogens with zero attached hydrogens (tertiary/aromatic N) is 1. The third-order valence-electron chi connectivity index (χ3n) is 2.34. The van der Waals surface area contributed by atoms with Gasteiger partial charge in [-0.15, -0.1) is 0 Å². The first-order valence-corrected chi connectivity index (χ1v) is 6.11. The summed E-state index contributed by atoms with van der Waals surface area (Å²) in [6.45, 7) is 5.09. The van der Waals surface area contributed by atoms with Crippen LogP contribution in [0.4, 0.5) is 10.6 Å². The number of nitrogens with one attached hydrogen (secondary N) is 1. The average Bonchev–Trinajstić information content (AvgIpc) is 2.28. The molecule has 20 heavy (non-hydrogen) atoms. The lowest BCUT2D eigenvalue weighted by molar-refractivity contribution is -0.139. The zero-order valence-corrected chi connectivity index (χ0v) is 11.7. The van der Waals surface area contributed by atoms with Gasteiger partial charge in [0.25, 0.3) is 0 Å². The number of carbonyl (C=O) groups is 2. The van der Waals surface area contributed by atoms with Crippen molar-refractivity contribution in [1.29, 1.82) is 0 Å². The maximum absolute atomic E-state index is 11.6. The fourth-order valence-electron chi connectivity index (χ4n) is 1.49. The van der Waals surface area contributed by atoms with Crippen LogP contribution in [0.15, 0.2) is 18.3 Å². The van der Waals surface area contributed by atoms with E-state index in [1.54, 1.807) is 32.9 Å². The Hall–Kier alpha value is -2.31. The van der Waals surface area contributed by atoms with E-state index in [4.69, 9.17) is 15.6 Å². The molecule has 1 atom stereocenters. The van der Waals surface area contributed by atoms with Gasteiger partial charge in [-0.25, -0.2) is 14.6 Å². The Labute approximate surface area is 117 Å². The van der Waals surface area contributed by atoms with Crippen molar-refractivity contribution in [3.05, 3.63) is 23.9 Å². The molecule has 0 fully saturated rings. The Morgan fingerprint density at radius 2 is 2.15 bits per heavy atom.